The zero-order valence-corrected chi connectivity index (χ0v) is 56.2. The lowest BCUT2D eigenvalue weighted by Gasteiger charge is -2.28. The molecule has 7 amide bonds. The van der Waals surface area contributed by atoms with E-state index in [0.717, 1.165) is 53.0 Å². The van der Waals surface area contributed by atoms with E-state index in [9.17, 15) is 29.1 Å². The van der Waals surface area contributed by atoms with E-state index < -0.39 is 83.7 Å². The van der Waals surface area contributed by atoms with Crippen molar-refractivity contribution in [1.82, 2.24) is 52.2 Å². The number of fused-ring (bicyclic) bond motifs is 3. The SMILES string of the molecule is CCCCCCCCCCCC(=O)N[C@@H](CCCN=C(N)N)C(=O)N[C@@H](Cc1c[nH]c2ccccc12)C(=O)N[C@@H](CCCN=C(N)N)C(=O)N[C@@H](Cc1c[nH]c2ccccc12)C(=O)N[C@@H](CCCN=C(N)N)C(=O)N[C@@H](Cc1c[nH]c2ccccc12)C(=O)N[C@@H](CCCCN)C(=O)O. The van der Waals surface area contributed by atoms with Gasteiger partial charge in [-0.3, -0.25) is 48.5 Å². The van der Waals surface area contributed by atoms with Crippen LogP contribution in [0.15, 0.2) is 106 Å². The minimum absolute atomic E-state index is 0.0247. The van der Waals surface area contributed by atoms with E-state index in [1.807, 2.05) is 66.7 Å². The van der Waals surface area contributed by atoms with Gasteiger partial charge in [0.1, 0.15) is 42.3 Å². The zero-order valence-electron chi connectivity index (χ0n) is 56.2. The summed E-state index contributed by atoms with van der Waals surface area (Å²) in [6.45, 7) is 2.69. The van der Waals surface area contributed by atoms with E-state index in [1.165, 1.54) is 25.7 Å². The monoisotopic (exact) mass is 1350 g/mol. The third kappa shape index (κ3) is 25.8. The summed E-state index contributed by atoms with van der Waals surface area (Å²) >= 11 is 0. The first-order valence-corrected chi connectivity index (χ1v) is 34.1. The van der Waals surface area contributed by atoms with E-state index in [-0.39, 0.29) is 114 Å². The number of amides is 7. The third-order valence-corrected chi connectivity index (χ3v) is 17.0. The number of nitrogens with one attached hydrogen (secondary N) is 10. The Hall–Kier alpha value is -10.2. The molecule has 0 aliphatic carbocycles. The van der Waals surface area contributed by atoms with Gasteiger partial charge in [-0.1, -0.05) is 113 Å². The molecule has 0 radical (unpaired) electrons. The van der Waals surface area contributed by atoms with Crippen molar-refractivity contribution >= 4 is 97.9 Å². The van der Waals surface area contributed by atoms with Crippen LogP contribution in [0.2, 0.25) is 0 Å². The Bertz CT molecular complexity index is 3640. The van der Waals surface area contributed by atoms with Crippen molar-refractivity contribution in [3.05, 3.63) is 108 Å². The summed E-state index contributed by atoms with van der Waals surface area (Å²) in [6.07, 6.45) is 15.7. The topological polar surface area (TPSA) is 508 Å². The maximum absolute atomic E-state index is 15.3. The molecule has 0 aliphatic heterocycles. The van der Waals surface area contributed by atoms with Gasteiger partial charge in [-0.05, 0) is 106 Å². The molecule has 29 nitrogen and oxygen atoms in total. The number of aromatic amines is 3. The Morgan fingerprint density at radius 1 is 0.388 bits per heavy atom. The van der Waals surface area contributed by atoms with Crippen LogP contribution in [0.5, 0.6) is 0 Å². The van der Waals surface area contributed by atoms with Gasteiger partial charge in [0.2, 0.25) is 41.4 Å². The number of rotatable bonds is 46. The molecule has 3 aromatic carbocycles. The molecular weight excluding hydrogens is 1250 g/mol. The second-order valence-electron chi connectivity index (χ2n) is 24.7. The maximum atomic E-state index is 15.3. The fraction of sp³-hybridized carbons (Fsp3) is 0.493. The number of hydrogen-bond donors (Lipinski definition) is 18. The first kappa shape index (κ1) is 76.8. The smallest absolute Gasteiger partial charge is 0.326 e. The summed E-state index contributed by atoms with van der Waals surface area (Å²) in [5.74, 6) is -7.02. The minimum Gasteiger partial charge on any atom is -0.480 e. The molecule has 532 valence electrons. The van der Waals surface area contributed by atoms with Crippen molar-refractivity contribution in [3.8, 4) is 0 Å². The predicted octanol–water partition coefficient (Wildman–Crippen LogP) is 2.85. The van der Waals surface area contributed by atoms with E-state index in [0.29, 0.717) is 47.9 Å². The number of carboxylic acids is 1. The fourth-order valence-electron chi connectivity index (χ4n) is 11.8. The quantitative estimate of drug-likeness (QED) is 0.0148. The average Bonchev–Trinajstić information content (AvgIpc) is 1.64. The summed E-state index contributed by atoms with van der Waals surface area (Å²) in [7, 11) is 0. The molecule has 7 atom stereocenters. The number of unbranched alkanes of at least 4 members (excludes halogenated alkanes) is 9. The van der Waals surface area contributed by atoms with E-state index in [4.69, 9.17) is 40.1 Å². The number of para-hydroxylation sites is 3. The molecular formula is C69H102N20O9. The molecule has 0 fully saturated rings. The molecule has 29 heteroatoms. The van der Waals surface area contributed by atoms with Gasteiger partial charge in [0.05, 0.1) is 0 Å². The van der Waals surface area contributed by atoms with Crippen molar-refractivity contribution in [2.24, 2.45) is 55.1 Å². The molecule has 0 bridgehead atoms. The van der Waals surface area contributed by atoms with Gasteiger partial charge >= 0.3 is 5.97 Å². The summed E-state index contributed by atoms with van der Waals surface area (Å²) in [5.41, 5.74) is 43.8. The first-order chi connectivity index (χ1) is 47.2. The zero-order chi connectivity index (χ0) is 70.8. The van der Waals surface area contributed by atoms with Gasteiger partial charge in [-0.15, -0.1) is 0 Å². The Kier molecular flexibility index (Phi) is 32.2. The van der Waals surface area contributed by atoms with Gasteiger partial charge in [0.15, 0.2) is 17.9 Å². The van der Waals surface area contributed by atoms with Gasteiger partial charge < -0.3 is 97.4 Å². The van der Waals surface area contributed by atoms with Crippen LogP contribution in [0.4, 0.5) is 0 Å². The maximum Gasteiger partial charge on any atom is 0.326 e. The van der Waals surface area contributed by atoms with Crippen LogP contribution in [0.25, 0.3) is 32.7 Å². The van der Waals surface area contributed by atoms with E-state index in [1.54, 1.807) is 24.7 Å². The largest absolute Gasteiger partial charge is 0.480 e. The van der Waals surface area contributed by atoms with Crippen LogP contribution in [-0.2, 0) is 57.6 Å². The van der Waals surface area contributed by atoms with Crippen molar-refractivity contribution in [3.63, 3.8) is 0 Å². The standard InChI is InChI=1S/C69H102N20O9/c1-2-3-4-5-6-7-8-9-10-32-59(90)83-52(29-19-34-77-67(71)72)60(91)87-56(37-43-40-80-49-25-14-11-22-46(43)49)63(94)84-53(30-20-35-78-68(73)74)61(92)88-57(38-44-41-81-50-26-15-12-23-47(44)50)64(95)85-54(31-21-36-79-69(75)76)62(93)89-58(39-45-42-82-51-27-16-13-24-48(45)51)65(96)86-55(66(97)98)28-17-18-33-70/h11-16,22-27,40-42,52-58,80-82H,2-10,17-21,28-39,70H2,1H3,(H,83,90)(H,84,94)(H,85,95)(H,86,96)(H,87,91)(H,88,92)(H,89,93)(H,97,98)(H4,71,72,77)(H4,73,74,78)(H4,75,76,79)/t52-,53-,54-,55-,56-,57-,58-/m0/s1. The summed E-state index contributed by atoms with van der Waals surface area (Å²) in [5, 5.41) is 32.2. The third-order valence-electron chi connectivity index (χ3n) is 17.0. The van der Waals surface area contributed by atoms with Crippen LogP contribution >= 0.6 is 0 Å². The van der Waals surface area contributed by atoms with Crippen LogP contribution in [0, 0.1) is 0 Å². The Balaban J connectivity index is 1.32. The molecule has 6 rings (SSSR count). The highest BCUT2D eigenvalue weighted by atomic mass is 16.4. The van der Waals surface area contributed by atoms with E-state index >= 15 is 14.4 Å². The fourth-order valence-corrected chi connectivity index (χ4v) is 11.8. The van der Waals surface area contributed by atoms with Gasteiger partial charge in [0.25, 0.3) is 0 Å². The number of carbonyl (C=O) groups is 8. The summed E-state index contributed by atoms with van der Waals surface area (Å²) in [6, 6.07) is 12.4. The molecule has 0 spiro atoms. The van der Waals surface area contributed by atoms with Crippen molar-refractivity contribution in [2.75, 3.05) is 26.2 Å². The van der Waals surface area contributed by atoms with Gasteiger partial charge in [-0.25, -0.2) is 4.79 Å². The van der Waals surface area contributed by atoms with Crippen molar-refractivity contribution < 1.29 is 43.5 Å². The predicted molar refractivity (Wildman–Crippen MR) is 382 cm³/mol. The molecule has 0 unspecified atom stereocenters. The number of aliphatic imine (C=N–C) groups is 3. The Morgan fingerprint density at radius 3 is 1.04 bits per heavy atom. The summed E-state index contributed by atoms with van der Waals surface area (Å²) < 4.78 is 0. The van der Waals surface area contributed by atoms with Crippen LogP contribution < -0.4 is 77.4 Å². The minimum atomic E-state index is -1.48. The van der Waals surface area contributed by atoms with Crippen LogP contribution in [0.1, 0.15) is 146 Å². The van der Waals surface area contributed by atoms with Crippen LogP contribution in [-0.4, -0.2) is 154 Å². The van der Waals surface area contributed by atoms with Crippen molar-refractivity contribution in [1.29, 1.82) is 0 Å². The highest BCUT2D eigenvalue weighted by molar-refractivity contribution is 5.99. The number of carbonyl (C=O) groups excluding carboxylic acids is 7. The van der Waals surface area contributed by atoms with Gasteiger partial charge in [-0.2, -0.15) is 0 Å². The first-order valence-electron chi connectivity index (χ1n) is 34.1. The molecule has 3 heterocycles. The second-order valence-corrected chi connectivity index (χ2v) is 24.7. The highest BCUT2D eigenvalue weighted by Crippen LogP contribution is 2.23. The van der Waals surface area contributed by atoms with Gasteiger partial charge in [0, 0.05) is 96.6 Å². The number of nitrogens with two attached hydrogens (primary N) is 7. The normalized spacial score (nSPS) is 13.4. The second kappa shape index (κ2) is 41.0. The number of aromatic nitrogens is 3. The highest BCUT2D eigenvalue weighted by Gasteiger charge is 2.35. The summed E-state index contributed by atoms with van der Waals surface area (Å²) in [4.78, 5) is 138. The molecule has 98 heavy (non-hydrogen) atoms. The number of guanidine groups is 3. The lowest BCUT2D eigenvalue weighted by Crippen LogP contribution is -2.60. The number of carboxylic acid groups (broad SMARTS) is 1. The average molecular weight is 1360 g/mol. The molecule has 0 saturated heterocycles. The van der Waals surface area contributed by atoms with Crippen LogP contribution in [0.3, 0.4) is 0 Å². The number of H-pyrrole nitrogens is 3. The number of benzene rings is 3. The lowest BCUT2D eigenvalue weighted by molar-refractivity contribution is -0.142. The molecule has 6 aromatic rings. The lowest BCUT2D eigenvalue weighted by atomic mass is 10.0. The molecule has 0 aliphatic rings. The number of nitrogens with zero attached hydrogens (tertiary/aromatic N) is 3. The number of aliphatic carboxylic acids is 1. The Morgan fingerprint density at radius 2 is 0.694 bits per heavy atom. The number of hydrogen-bond acceptors (Lipinski definition) is 12. The molecule has 3 aromatic heterocycles. The van der Waals surface area contributed by atoms with E-state index in [2.05, 4.69) is 74.1 Å². The molecule has 25 N–H and O–H groups in total. The van der Waals surface area contributed by atoms with Crippen molar-refractivity contribution in [2.45, 2.75) is 190 Å². The Labute approximate surface area is 571 Å². The molecule has 0 saturated carbocycles.